The Kier molecular flexibility index (Phi) is 5.34. The van der Waals surface area contributed by atoms with Gasteiger partial charge in [0, 0.05) is 25.8 Å². The summed E-state index contributed by atoms with van der Waals surface area (Å²) in [4.78, 5) is 12.5. The number of benzene rings is 1. The molecule has 5 nitrogen and oxygen atoms in total. The van der Waals surface area contributed by atoms with Crippen LogP contribution in [0.15, 0.2) is 18.2 Å². The van der Waals surface area contributed by atoms with E-state index >= 15 is 0 Å². The van der Waals surface area contributed by atoms with Gasteiger partial charge in [-0.05, 0) is 37.9 Å². The van der Waals surface area contributed by atoms with E-state index in [4.69, 9.17) is 16.3 Å². The highest BCUT2D eigenvalue weighted by atomic mass is 35.5. The molecule has 0 spiro atoms. The first-order valence-electron chi connectivity index (χ1n) is 6.79. The molecule has 0 amide bonds. The largest absolute Gasteiger partial charge is 0.377 e. The topological polar surface area (TPSA) is 55.6 Å². The van der Waals surface area contributed by atoms with Gasteiger partial charge in [0.25, 0.3) is 5.69 Å². The van der Waals surface area contributed by atoms with Crippen LogP contribution in [0.25, 0.3) is 0 Å². The Hall–Kier alpha value is -1.17. The smallest absolute Gasteiger partial charge is 0.288 e. The van der Waals surface area contributed by atoms with Gasteiger partial charge in [-0.25, -0.2) is 0 Å². The van der Waals surface area contributed by atoms with Crippen molar-refractivity contribution in [2.45, 2.75) is 31.9 Å². The second kappa shape index (κ2) is 7.02. The number of nitro groups is 1. The van der Waals surface area contributed by atoms with Crippen LogP contribution in [-0.2, 0) is 11.3 Å². The fourth-order valence-electron chi connectivity index (χ4n) is 2.47. The van der Waals surface area contributed by atoms with Crippen molar-refractivity contribution in [3.8, 4) is 0 Å². The third-order valence-electron chi connectivity index (χ3n) is 3.45. The highest BCUT2D eigenvalue weighted by molar-refractivity contribution is 6.32. The molecule has 110 valence electrons. The van der Waals surface area contributed by atoms with E-state index in [1.807, 2.05) is 13.1 Å². The maximum atomic E-state index is 10.9. The lowest BCUT2D eigenvalue weighted by Crippen LogP contribution is -2.33. The van der Waals surface area contributed by atoms with Crippen LogP contribution in [0.3, 0.4) is 0 Å². The molecule has 1 fully saturated rings. The van der Waals surface area contributed by atoms with Crippen LogP contribution in [0.1, 0.15) is 24.8 Å². The van der Waals surface area contributed by atoms with E-state index in [1.54, 1.807) is 12.1 Å². The van der Waals surface area contributed by atoms with E-state index in [2.05, 4.69) is 4.90 Å². The number of rotatable bonds is 5. The molecule has 0 saturated carbocycles. The van der Waals surface area contributed by atoms with Gasteiger partial charge in [-0.15, -0.1) is 0 Å². The van der Waals surface area contributed by atoms with Crippen LogP contribution >= 0.6 is 11.6 Å². The van der Waals surface area contributed by atoms with E-state index < -0.39 is 4.92 Å². The molecular weight excluding hydrogens is 280 g/mol. The number of nitrogens with zero attached hydrogens (tertiary/aromatic N) is 2. The van der Waals surface area contributed by atoms with Gasteiger partial charge in [0.1, 0.15) is 5.02 Å². The van der Waals surface area contributed by atoms with Crippen molar-refractivity contribution in [1.29, 1.82) is 0 Å². The summed E-state index contributed by atoms with van der Waals surface area (Å²) in [5.74, 6) is 0. The molecule has 1 unspecified atom stereocenters. The van der Waals surface area contributed by atoms with Gasteiger partial charge in [-0.2, -0.15) is 0 Å². The summed E-state index contributed by atoms with van der Waals surface area (Å²) >= 11 is 5.81. The Morgan fingerprint density at radius 1 is 1.50 bits per heavy atom. The summed E-state index contributed by atoms with van der Waals surface area (Å²) in [6.45, 7) is 2.33. The van der Waals surface area contributed by atoms with Gasteiger partial charge < -0.3 is 4.74 Å². The van der Waals surface area contributed by atoms with Gasteiger partial charge in [-0.1, -0.05) is 17.7 Å². The molecule has 1 aliphatic rings. The van der Waals surface area contributed by atoms with Crippen molar-refractivity contribution >= 4 is 17.3 Å². The Bertz CT molecular complexity index is 475. The van der Waals surface area contributed by atoms with Crippen LogP contribution in [0.5, 0.6) is 0 Å². The Balaban J connectivity index is 1.95. The van der Waals surface area contributed by atoms with Crippen molar-refractivity contribution < 1.29 is 9.66 Å². The van der Waals surface area contributed by atoms with E-state index in [0.717, 1.165) is 31.6 Å². The minimum absolute atomic E-state index is 0.0357. The summed E-state index contributed by atoms with van der Waals surface area (Å²) in [5.41, 5.74) is 0.853. The van der Waals surface area contributed by atoms with Gasteiger partial charge >= 0.3 is 0 Å². The summed E-state index contributed by atoms with van der Waals surface area (Å²) in [5, 5.41) is 11.0. The van der Waals surface area contributed by atoms with Gasteiger partial charge in [-0.3, -0.25) is 15.0 Å². The van der Waals surface area contributed by atoms with Crippen LogP contribution < -0.4 is 0 Å². The quantitative estimate of drug-likeness (QED) is 0.618. The number of hydrogen-bond acceptors (Lipinski definition) is 4. The first-order chi connectivity index (χ1) is 9.56. The fourth-order valence-corrected chi connectivity index (χ4v) is 2.66. The predicted octanol–water partition coefficient (Wildman–Crippen LogP) is 3.25. The first-order valence-corrected chi connectivity index (χ1v) is 7.17. The number of halogens is 1. The molecule has 1 aromatic rings. The summed E-state index contributed by atoms with van der Waals surface area (Å²) < 4.78 is 5.70. The second-order valence-corrected chi connectivity index (χ2v) is 5.64. The number of nitro benzene ring substituents is 1. The van der Waals surface area contributed by atoms with Crippen molar-refractivity contribution in [1.82, 2.24) is 4.90 Å². The van der Waals surface area contributed by atoms with Crippen molar-refractivity contribution in [2.24, 2.45) is 0 Å². The van der Waals surface area contributed by atoms with Gasteiger partial charge in [0.15, 0.2) is 0 Å². The first kappa shape index (κ1) is 15.2. The highest BCUT2D eigenvalue weighted by Crippen LogP contribution is 2.25. The average Bonchev–Trinajstić information content (AvgIpc) is 2.41. The normalized spacial score (nSPS) is 19.2. The molecular formula is C14H19ClN2O3. The molecule has 0 N–H and O–H groups in total. The van der Waals surface area contributed by atoms with Crippen LogP contribution in [0.4, 0.5) is 5.69 Å². The van der Waals surface area contributed by atoms with Gasteiger partial charge in [0.05, 0.1) is 11.0 Å². The van der Waals surface area contributed by atoms with Crippen LogP contribution in [0, 0.1) is 10.1 Å². The van der Waals surface area contributed by atoms with E-state index in [-0.39, 0.29) is 16.8 Å². The van der Waals surface area contributed by atoms with Gasteiger partial charge in [0.2, 0.25) is 0 Å². The minimum Gasteiger partial charge on any atom is -0.377 e. The zero-order chi connectivity index (χ0) is 14.5. The molecule has 1 heterocycles. The SMILES string of the molecule is CN(Cc1ccc(Cl)c([N+](=O)[O-])c1)CC1CCCCO1. The third kappa shape index (κ3) is 4.16. The molecule has 1 aliphatic heterocycles. The standard InChI is InChI=1S/C14H19ClN2O3/c1-16(10-12-4-2-3-7-20-12)9-11-5-6-13(15)14(8-11)17(18)19/h5-6,8,12H,2-4,7,9-10H2,1H3. The molecule has 0 radical (unpaired) electrons. The molecule has 0 aromatic heterocycles. The molecule has 1 aromatic carbocycles. The molecule has 1 atom stereocenters. The highest BCUT2D eigenvalue weighted by Gasteiger charge is 2.17. The van der Waals surface area contributed by atoms with E-state index in [1.165, 1.54) is 6.42 Å². The molecule has 2 rings (SSSR count). The lowest BCUT2D eigenvalue weighted by atomic mass is 10.1. The molecule has 1 saturated heterocycles. The van der Waals surface area contributed by atoms with E-state index in [0.29, 0.717) is 6.54 Å². The predicted molar refractivity (Wildman–Crippen MR) is 78.0 cm³/mol. The molecule has 6 heteroatoms. The second-order valence-electron chi connectivity index (χ2n) is 5.23. The van der Waals surface area contributed by atoms with Crippen LogP contribution in [-0.4, -0.2) is 36.1 Å². The lowest BCUT2D eigenvalue weighted by Gasteiger charge is -2.27. The Labute approximate surface area is 123 Å². The Morgan fingerprint density at radius 2 is 2.30 bits per heavy atom. The average molecular weight is 299 g/mol. The van der Waals surface area contributed by atoms with Crippen molar-refractivity contribution in [2.75, 3.05) is 20.2 Å². The van der Waals surface area contributed by atoms with Crippen molar-refractivity contribution in [3.05, 3.63) is 38.9 Å². The number of likely N-dealkylation sites (N-methyl/N-ethyl adjacent to an activating group) is 1. The minimum atomic E-state index is -0.448. The molecule has 0 aliphatic carbocycles. The van der Waals surface area contributed by atoms with Crippen molar-refractivity contribution in [3.63, 3.8) is 0 Å². The molecule has 0 bridgehead atoms. The Morgan fingerprint density at radius 3 is 2.95 bits per heavy atom. The zero-order valence-electron chi connectivity index (χ0n) is 11.5. The number of ether oxygens (including phenoxy) is 1. The lowest BCUT2D eigenvalue weighted by molar-refractivity contribution is -0.384. The third-order valence-corrected chi connectivity index (χ3v) is 3.77. The summed E-state index contributed by atoms with van der Waals surface area (Å²) in [7, 11) is 2.00. The summed E-state index contributed by atoms with van der Waals surface area (Å²) in [6.07, 6.45) is 3.72. The van der Waals surface area contributed by atoms with Crippen LogP contribution in [0.2, 0.25) is 5.02 Å². The van der Waals surface area contributed by atoms with E-state index in [9.17, 15) is 10.1 Å². The maximum absolute atomic E-state index is 10.9. The summed E-state index contributed by atoms with van der Waals surface area (Å²) in [6, 6.07) is 4.95. The number of hydrogen-bond donors (Lipinski definition) is 0. The monoisotopic (exact) mass is 298 g/mol. The maximum Gasteiger partial charge on any atom is 0.288 e. The zero-order valence-corrected chi connectivity index (χ0v) is 12.3. The molecule has 20 heavy (non-hydrogen) atoms. The fraction of sp³-hybridized carbons (Fsp3) is 0.571.